The highest BCUT2D eigenvalue weighted by atomic mass is 15.3. The van der Waals surface area contributed by atoms with Crippen LogP contribution in [0.25, 0.3) is 0 Å². The van der Waals surface area contributed by atoms with E-state index in [0.717, 1.165) is 31.5 Å². The summed E-state index contributed by atoms with van der Waals surface area (Å²) in [4.78, 5) is 6.65. The summed E-state index contributed by atoms with van der Waals surface area (Å²) in [6.07, 6.45) is 2.42. The number of rotatable bonds is 2. The first-order valence-electron chi connectivity index (χ1n) is 6.39. The lowest BCUT2D eigenvalue weighted by Crippen LogP contribution is -2.38. The minimum atomic E-state index is 0.726. The number of nitrogens with zero attached hydrogens (tertiary/aromatic N) is 2. The first kappa shape index (κ1) is 10.6. The van der Waals surface area contributed by atoms with Gasteiger partial charge in [0, 0.05) is 20.1 Å². The van der Waals surface area contributed by atoms with Crippen LogP contribution in [0.5, 0.6) is 0 Å². The third-order valence-electron chi connectivity index (χ3n) is 3.74. The lowest BCUT2D eigenvalue weighted by Gasteiger charge is -2.17. The molecule has 0 unspecified atom stereocenters. The molecule has 0 radical (unpaired) electrons. The van der Waals surface area contributed by atoms with Crippen molar-refractivity contribution in [3.63, 3.8) is 0 Å². The molecule has 17 heavy (non-hydrogen) atoms. The van der Waals surface area contributed by atoms with Gasteiger partial charge in [-0.25, -0.2) is 0 Å². The summed E-state index contributed by atoms with van der Waals surface area (Å²) in [5.74, 6) is 1.80. The van der Waals surface area contributed by atoms with E-state index in [-0.39, 0.29) is 0 Å². The zero-order valence-corrected chi connectivity index (χ0v) is 10.3. The van der Waals surface area contributed by atoms with E-state index in [2.05, 4.69) is 46.5 Å². The van der Waals surface area contributed by atoms with Gasteiger partial charge in [-0.2, -0.15) is 0 Å². The molecule has 90 valence electrons. The van der Waals surface area contributed by atoms with Crippen LogP contribution in [0.1, 0.15) is 11.1 Å². The summed E-state index contributed by atoms with van der Waals surface area (Å²) in [6, 6.07) is 8.80. The highest BCUT2D eigenvalue weighted by molar-refractivity contribution is 5.81. The maximum absolute atomic E-state index is 4.46. The van der Waals surface area contributed by atoms with Crippen LogP contribution in [0.3, 0.4) is 0 Å². The fourth-order valence-corrected chi connectivity index (χ4v) is 2.75. The van der Waals surface area contributed by atoms with Gasteiger partial charge in [-0.3, -0.25) is 4.99 Å². The molecule has 0 bridgehead atoms. The zero-order valence-electron chi connectivity index (χ0n) is 10.3. The first-order chi connectivity index (χ1) is 8.33. The molecule has 1 aromatic rings. The number of benzene rings is 1. The second-order valence-corrected chi connectivity index (χ2v) is 5.05. The summed E-state index contributed by atoms with van der Waals surface area (Å²) < 4.78 is 0. The average Bonchev–Trinajstić information content (AvgIpc) is 2.92. The van der Waals surface area contributed by atoms with E-state index < -0.39 is 0 Å². The van der Waals surface area contributed by atoms with E-state index in [1.165, 1.54) is 24.0 Å². The minimum absolute atomic E-state index is 0.726. The molecule has 2 aliphatic rings. The molecule has 0 amide bonds. The summed E-state index contributed by atoms with van der Waals surface area (Å²) in [6.45, 7) is 3.02. The number of fused-ring (bicyclic) bond motifs is 1. The molecule has 0 saturated carbocycles. The number of nitrogens with one attached hydrogen (secondary N) is 1. The molecule has 1 heterocycles. The highest BCUT2D eigenvalue weighted by Crippen LogP contribution is 2.25. The van der Waals surface area contributed by atoms with Crippen LogP contribution < -0.4 is 5.32 Å². The van der Waals surface area contributed by atoms with E-state index in [4.69, 9.17) is 0 Å². The van der Waals surface area contributed by atoms with Crippen LogP contribution in [-0.2, 0) is 12.8 Å². The van der Waals surface area contributed by atoms with E-state index in [1.54, 1.807) is 0 Å². The predicted molar refractivity (Wildman–Crippen MR) is 70.3 cm³/mol. The van der Waals surface area contributed by atoms with E-state index >= 15 is 0 Å². The van der Waals surface area contributed by atoms with Crippen molar-refractivity contribution in [3.8, 4) is 0 Å². The Hall–Kier alpha value is -1.51. The van der Waals surface area contributed by atoms with Crippen LogP contribution in [0, 0.1) is 5.92 Å². The molecular weight excluding hydrogens is 210 g/mol. The molecule has 1 aliphatic heterocycles. The van der Waals surface area contributed by atoms with Gasteiger partial charge in [0.2, 0.25) is 0 Å². The molecule has 1 aliphatic carbocycles. The second-order valence-electron chi connectivity index (χ2n) is 5.05. The Bertz CT molecular complexity index is 414. The quantitative estimate of drug-likeness (QED) is 0.827. The van der Waals surface area contributed by atoms with Gasteiger partial charge >= 0.3 is 0 Å². The van der Waals surface area contributed by atoms with Crippen molar-refractivity contribution >= 4 is 5.96 Å². The molecule has 0 atom stereocenters. The molecular formula is C14H19N3. The average molecular weight is 229 g/mol. The fourth-order valence-electron chi connectivity index (χ4n) is 2.75. The zero-order chi connectivity index (χ0) is 11.7. The molecule has 3 rings (SSSR count). The number of likely N-dealkylation sites (N-methyl/N-ethyl adjacent to an activating group) is 1. The van der Waals surface area contributed by atoms with Crippen LogP contribution in [0.15, 0.2) is 29.3 Å². The van der Waals surface area contributed by atoms with E-state index in [0.29, 0.717) is 0 Å². The van der Waals surface area contributed by atoms with Crippen molar-refractivity contribution in [1.29, 1.82) is 0 Å². The van der Waals surface area contributed by atoms with Gasteiger partial charge in [0.1, 0.15) is 0 Å². The fraction of sp³-hybridized carbons (Fsp3) is 0.500. The maximum atomic E-state index is 4.46. The molecule has 0 aromatic heterocycles. The summed E-state index contributed by atoms with van der Waals surface area (Å²) in [5.41, 5.74) is 3.06. The van der Waals surface area contributed by atoms with Crippen LogP contribution in [0.4, 0.5) is 0 Å². The third-order valence-corrected chi connectivity index (χ3v) is 3.74. The van der Waals surface area contributed by atoms with Crippen molar-refractivity contribution in [2.75, 3.05) is 26.7 Å². The monoisotopic (exact) mass is 229 g/mol. The van der Waals surface area contributed by atoms with Gasteiger partial charge in [-0.1, -0.05) is 24.3 Å². The van der Waals surface area contributed by atoms with E-state index in [9.17, 15) is 0 Å². The number of hydrogen-bond donors (Lipinski definition) is 1. The van der Waals surface area contributed by atoms with Crippen molar-refractivity contribution in [2.24, 2.45) is 10.9 Å². The SMILES string of the molecule is CN1CCN=C1NCC1Cc2ccccc2C1. The smallest absolute Gasteiger partial charge is 0.193 e. The lowest BCUT2D eigenvalue weighted by atomic mass is 10.1. The third kappa shape index (κ3) is 2.14. The van der Waals surface area contributed by atoms with E-state index in [1.807, 2.05) is 0 Å². The van der Waals surface area contributed by atoms with Gasteiger partial charge in [0.25, 0.3) is 0 Å². The summed E-state index contributed by atoms with van der Waals surface area (Å²) in [7, 11) is 2.10. The van der Waals surface area contributed by atoms with Crippen LogP contribution >= 0.6 is 0 Å². The Morgan fingerprint density at radius 1 is 1.29 bits per heavy atom. The van der Waals surface area contributed by atoms with Gasteiger partial charge in [0.15, 0.2) is 5.96 Å². The standard InChI is InChI=1S/C14H19N3/c1-17-7-6-15-14(17)16-10-11-8-12-4-2-3-5-13(12)9-11/h2-5,11H,6-10H2,1H3,(H,15,16). The maximum Gasteiger partial charge on any atom is 0.193 e. The molecule has 1 N–H and O–H groups in total. The Morgan fingerprint density at radius 3 is 2.59 bits per heavy atom. The molecule has 0 spiro atoms. The Balaban J connectivity index is 1.56. The predicted octanol–water partition coefficient (Wildman–Crippen LogP) is 1.29. The van der Waals surface area contributed by atoms with Gasteiger partial charge in [-0.15, -0.1) is 0 Å². The Kier molecular flexibility index (Phi) is 2.75. The number of aliphatic imine (C=N–C) groups is 1. The van der Waals surface area contributed by atoms with Crippen molar-refractivity contribution in [2.45, 2.75) is 12.8 Å². The van der Waals surface area contributed by atoms with Gasteiger partial charge < -0.3 is 10.2 Å². The molecule has 3 heteroatoms. The highest BCUT2D eigenvalue weighted by Gasteiger charge is 2.21. The Morgan fingerprint density at radius 2 is 2.00 bits per heavy atom. The number of guanidine groups is 1. The molecule has 0 fully saturated rings. The summed E-state index contributed by atoms with van der Waals surface area (Å²) >= 11 is 0. The second kappa shape index (κ2) is 4.40. The normalized spacial score (nSPS) is 19.4. The lowest BCUT2D eigenvalue weighted by molar-refractivity contribution is 0.499. The minimum Gasteiger partial charge on any atom is -0.356 e. The summed E-state index contributed by atoms with van der Waals surface area (Å²) in [5, 5.41) is 3.48. The van der Waals surface area contributed by atoms with Crippen molar-refractivity contribution in [3.05, 3.63) is 35.4 Å². The van der Waals surface area contributed by atoms with Crippen LogP contribution in [0.2, 0.25) is 0 Å². The first-order valence-corrected chi connectivity index (χ1v) is 6.39. The van der Waals surface area contributed by atoms with Crippen molar-refractivity contribution in [1.82, 2.24) is 10.2 Å². The van der Waals surface area contributed by atoms with Gasteiger partial charge in [0.05, 0.1) is 6.54 Å². The largest absolute Gasteiger partial charge is 0.356 e. The topological polar surface area (TPSA) is 27.6 Å². The Labute approximate surface area is 103 Å². The molecule has 3 nitrogen and oxygen atoms in total. The molecule has 1 aromatic carbocycles. The van der Waals surface area contributed by atoms with Crippen LogP contribution in [-0.4, -0.2) is 37.5 Å². The number of hydrogen-bond acceptors (Lipinski definition) is 3. The van der Waals surface area contributed by atoms with Crippen molar-refractivity contribution < 1.29 is 0 Å². The van der Waals surface area contributed by atoms with Gasteiger partial charge in [-0.05, 0) is 29.9 Å². The molecule has 0 saturated heterocycles.